The van der Waals surface area contributed by atoms with E-state index >= 15 is 0 Å². The van der Waals surface area contributed by atoms with Crippen LogP contribution in [0.4, 0.5) is 5.69 Å². The third-order valence-electron chi connectivity index (χ3n) is 3.27. The van der Waals surface area contributed by atoms with Crippen LogP contribution in [0.15, 0.2) is 41.4 Å². The van der Waals surface area contributed by atoms with Gasteiger partial charge in [-0.05, 0) is 30.7 Å². The van der Waals surface area contributed by atoms with Crippen LogP contribution in [-0.2, 0) is 19.9 Å². The maximum absolute atomic E-state index is 11.7. The molecule has 0 saturated carbocycles. The zero-order chi connectivity index (χ0) is 17.8. The van der Waals surface area contributed by atoms with Crippen molar-refractivity contribution in [1.29, 1.82) is 0 Å². The average molecular weight is 369 g/mol. The number of hydrogen-bond acceptors (Lipinski definition) is 6. The fraction of sp³-hybridized carbons (Fsp3) is 0.333. The third-order valence-corrected chi connectivity index (χ3v) is 6.37. The smallest absolute Gasteiger partial charge is 0.232 e. The highest BCUT2D eigenvalue weighted by molar-refractivity contribution is 7.92. The summed E-state index contributed by atoms with van der Waals surface area (Å²) in [5, 5.41) is 7.63. The molecule has 0 amide bonds. The maximum Gasteiger partial charge on any atom is 0.232 e. The first kappa shape index (κ1) is 18.3. The number of sulfonamides is 1. The second-order valence-corrected chi connectivity index (χ2v) is 9.23. The van der Waals surface area contributed by atoms with Gasteiger partial charge in [-0.15, -0.1) is 10.2 Å². The first-order valence-corrected chi connectivity index (χ1v) is 10.8. The van der Waals surface area contributed by atoms with Crippen LogP contribution >= 0.6 is 0 Å². The predicted octanol–water partition coefficient (Wildman–Crippen LogP) is 2.09. The van der Waals surface area contributed by atoms with Gasteiger partial charge in [0.15, 0.2) is 14.9 Å². The van der Waals surface area contributed by atoms with E-state index in [2.05, 4.69) is 14.9 Å². The van der Waals surface area contributed by atoms with Crippen LogP contribution in [0.2, 0.25) is 0 Å². The number of benzene rings is 1. The van der Waals surface area contributed by atoms with Crippen molar-refractivity contribution in [3.63, 3.8) is 0 Å². The summed E-state index contributed by atoms with van der Waals surface area (Å²) in [6.45, 7) is 3.34. The van der Waals surface area contributed by atoms with Crippen molar-refractivity contribution < 1.29 is 16.8 Å². The van der Waals surface area contributed by atoms with Crippen molar-refractivity contribution >= 4 is 25.5 Å². The van der Waals surface area contributed by atoms with Crippen LogP contribution in [0.25, 0.3) is 11.3 Å². The largest absolute Gasteiger partial charge is 0.284 e. The van der Waals surface area contributed by atoms with Crippen molar-refractivity contribution in [2.24, 2.45) is 0 Å². The molecule has 0 fully saturated rings. The molecule has 0 atom stereocenters. The van der Waals surface area contributed by atoms with E-state index < -0.39 is 19.9 Å². The van der Waals surface area contributed by atoms with Gasteiger partial charge in [0.05, 0.1) is 17.2 Å². The van der Waals surface area contributed by atoms with Gasteiger partial charge in [-0.25, -0.2) is 16.8 Å². The molecule has 9 heteroatoms. The molecule has 24 heavy (non-hydrogen) atoms. The molecular weight excluding hydrogens is 350 g/mol. The van der Waals surface area contributed by atoms with Gasteiger partial charge < -0.3 is 0 Å². The Hall–Kier alpha value is -2.00. The Morgan fingerprint density at radius 3 is 2.08 bits per heavy atom. The molecule has 130 valence electrons. The van der Waals surface area contributed by atoms with Crippen molar-refractivity contribution in [1.82, 2.24) is 10.2 Å². The molecule has 0 spiro atoms. The lowest BCUT2D eigenvalue weighted by Crippen LogP contribution is -2.15. The molecule has 0 aliphatic rings. The second kappa shape index (κ2) is 7.27. The number of aromatic nitrogens is 2. The topological polar surface area (TPSA) is 106 Å². The van der Waals surface area contributed by atoms with Gasteiger partial charge in [-0.2, -0.15) is 0 Å². The lowest BCUT2D eigenvalue weighted by molar-refractivity contribution is 0.591. The molecule has 7 nitrogen and oxygen atoms in total. The monoisotopic (exact) mass is 369 g/mol. The van der Waals surface area contributed by atoms with E-state index in [-0.39, 0.29) is 16.5 Å². The van der Waals surface area contributed by atoms with Crippen LogP contribution in [-0.4, -0.2) is 38.5 Å². The Kier molecular flexibility index (Phi) is 5.55. The molecule has 0 aliphatic carbocycles. The Balaban J connectivity index is 2.19. The fourth-order valence-corrected chi connectivity index (χ4v) is 3.87. The first-order valence-electron chi connectivity index (χ1n) is 7.45. The van der Waals surface area contributed by atoms with Gasteiger partial charge in [0.1, 0.15) is 0 Å². The normalized spacial score (nSPS) is 12.1. The number of sulfone groups is 1. The molecule has 1 heterocycles. The molecule has 2 aromatic rings. The summed E-state index contributed by atoms with van der Waals surface area (Å²) in [7, 11) is -6.71. The number of rotatable bonds is 7. The Morgan fingerprint density at radius 2 is 1.58 bits per heavy atom. The highest BCUT2D eigenvalue weighted by Crippen LogP contribution is 2.20. The van der Waals surface area contributed by atoms with Crippen LogP contribution in [0, 0.1) is 0 Å². The molecule has 1 aromatic carbocycles. The zero-order valence-electron chi connectivity index (χ0n) is 13.4. The summed E-state index contributed by atoms with van der Waals surface area (Å²) in [5.74, 6) is 0.0290. The Bertz CT molecular complexity index is 891. The summed E-state index contributed by atoms with van der Waals surface area (Å²) >= 11 is 0. The molecule has 0 bridgehead atoms. The number of hydrogen-bond donors (Lipinski definition) is 1. The molecular formula is C15H19N3O4S2. The fourth-order valence-electron chi connectivity index (χ4n) is 2.00. The molecule has 0 radical (unpaired) electrons. The minimum absolute atomic E-state index is 0.0341. The van der Waals surface area contributed by atoms with E-state index in [0.717, 1.165) is 0 Å². The summed E-state index contributed by atoms with van der Waals surface area (Å²) < 4.78 is 49.4. The van der Waals surface area contributed by atoms with E-state index in [1.165, 1.54) is 6.07 Å². The van der Waals surface area contributed by atoms with Crippen molar-refractivity contribution in [3.8, 4) is 11.3 Å². The van der Waals surface area contributed by atoms with Crippen LogP contribution in [0.3, 0.4) is 0 Å². The Morgan fingerprint density at radius 1 is 0.917 bits per heavy atom. The minimum Gasteiger partial charge on any atom is -0.284 e. The highest BCUT2D eigenvalue weighted by Gasteiger charge is 2.14. The molecule has 0 unspecified atom stereocenters. The highest BCUT2D eigenvalue weighted by atomic mass is 32.2. The SMILES string of the molecule is CCCS(=O)(=O)Nc1ccc(-c2ccc(S(=O)(=O)CC)nn2)cc1. The molecule has 0 saturated heterocycles. The zero-order valence-corrected chi connectivity index (χ0v) is 15.1. The van der Waals surface area contributed by atoms with Crippen molar-refractivity contribution in [2.45, 2.75) is 25.3 Å². The van der Waals surface area contributed by atoms with E-state index in [4.69, 9.17) is 0 Å². The maximum atomic E-state index is 11.7. The first-order chi connectivity index (χ1) is 11.3. The van der Waals surface area contributed by atoms with Gasteiger partial charge in [0.25, 0.3) is 0 Å². The van der Waals surface area contributed by atoms with Gasteiger partial charge in [-0.1, -0.05) is 26.0 Å². The van der Waals surface area contributed by atoms with Gasteiger partial charge in [0, 0.05) is 11.3 Å². The predicted molar refractivity (Wildman–Crippen MR) is 92.9 cm³/mol. The van der Waals surface area contributed by atoms with Gasteiger partial charge in [-0.3, -0.25) is 4.72 Å². The summed E-state index contributed by atoms with van der Waals surface area (Å²) in [6, 6.07) is 9.64. The Labute approximate surface area is 142 Å². The van der Waals surface area contributed by atoms with E-state index in [9.17, 15) is 16.8 Å². The van der Waals surface area contributed by atoms with Crippen molar-refractivity contribution in [3.05, 3.63) is 36.4 Å². The minimum atomic E-state index is -3.38. The van der Waals surface area contributed by atoms with E-state index in [1.54, 1.807) is 44.2 Å². The van der Waals surface area contributed by atoms with Crippen LogP contribution in [0.1, 0.15) is 20.3 Å². The van der Waals surface area contributed by atoms with E-state index in [1.807, 2.05) is 0 Å². The lowest BCUT2D eigenvalue weighted by atomic mass is 10.1. The summed E-state index contributed by atoms with van der Waals surface area (Å²) in [5.41, 5.74) is 1.68. The number of anilines is 1. The van der Waals surface area contributed by atoms with Crippen LogP contribution in [0.5, 0.6) is 0 Å². The number of nitrogens with zero attached hydrogens (tertiary/aromatic N) is 2. The van der Waals surface area contributed by atoms with Crippen LogP contribution < -0.4 is 4.72 Å². The molecule has 1 aromatic heterocycles. The molecule has 1 N–H and O–H groups in total. The summed E-state index contributed by atoms with van der Waals surface area (Å²) in [4.78, 5) is 0. The van der Waals surface area contributed by atoms with Gasteiger partial charge in [0.2, 0.25) is 10.0 Å². The molecule has 2 rings (SSSR count). The lowest BCUT2D eigenvalue weighted by Gasteiger charge is -2.08. The number of nitrogens with one attached hydrogen (secondary N) is 1. The van der Waals surface area contributed by atoms with Gasteiger partial charge >= 0.3 is 0 Å². The standard InChI is InChI=1S/C15H19N3O4S2/c1-3-11-24(21,22)18-13-7-5-12(6-8-13)14-9-10-15(17-16-14)23(19,20)4-2/h5-10,18H,3-4,11H2,1-2H3. The second-order valence-electron chi connectivity index (χ2n) is 5.16. The molecule has 0 aliphatic heterocycles. The summed E-state index contributed by atoms with van der Waals surface area (Å²) in [6.07, 6.45) is 0.538. The van der Waals surface area contributed by atoms with Crippen molar-refractivity contribution in [2.75, 3.05) is 16.2 Å². The third kappa shape index (κ3) is 4.51. The van der Waals surface area contributed by atoms with E-state index in [0.29, 0.717) is 23.4 Å². The average Bonchev–Trinajstić information content (AvgIpc) is 2.55. The quantitative estimate of drug-likeness (QED) is 0.801.